The Balaban J connectivity index is 1.51. The summed E-state index contributed by atoms with van der Waals surface area (Å²) in [5.74, 6) is 0.655. The molecular weight excluding hydrogens is 328 g/mol. The van der Waals surface area contributed by atoms with Gasteiger partial charge >= 0.3 is 0 Å². The van der Waals surface area contributed by atoms with Crippen molar-refractivity contribution in [2.24, 2.45) is 5.92 Å². The molecule has 1 aromatic heterocycles. The van der Waals surface area contributed by atoms with Crippen LogP contribution in [0.25, 0.3) is 0 Å². The Hall–Kier alpha value is -2.47. The molecule has 1 amide bonds. The van der Waals surface area contributed by atoms with E-state index >= 15 is 0 Å². The molecular formula is C20H24N4O2. The number of ether oxygens (including phenoxy) is 1. The van der Waals surface area contributed by atoms with E-state index in [1.807, 2.05) is 35.0 Å². The van der Waals surface area contributed by atoms with Crippen molar-refractivity contribution in [1.29, 1.82) is 0 Å². The fourth-order valence-corrected chi connectivity index (χ4v) is 3.50. The minimum Gasteiger partial charge on any atom is -0.374 e. The number of carbonyl (C=O) groups excluding carboxylic acids is 1. The van der Waals surface area contributed by atoms with Gasteiger partial charge in [-0.2, -0.15) is 0 Å². The Kier molecular flexibility index (Phi) is 4.84. The normalized spacial score (nSPS) is 19.2. The first-order chi connectivity index (χ1) is 12.8. The lowest BCUT2D eigenvalue weighted by Gasteiger charge is -2.34. The highest BCUT2D eigenvalue weighted by Crippen LogP contribution is 2.33. The highest BCUT2D eigenvalue weighted by molar-refractivity contribution is 5.87. The van der Waals surface area contributed by atoms with Crippen molar-refractivity contribution in [3.05, 3.63) is 59.9 Å². The van der Waals surface area contributed by atoms with E-state index in [0.29, 0.717) is 19.8 Å². The molecule has 6 nitrogen and oxygen atoms in total. The Morgan fingerprint density at radius 1 is 1.31 bits per heavy atom. The molecule has 0 saturated heterocycles. The molecule has 0 unspecified atom stereocenters. The molecule has 2 aromatic rings. The molecule has 1 atom stereocenters. The van der Waals surface area contributed by atoms with Crippen LogP contribution in [-0.2, 0) is 29.1 Å². The van der Waals surface area contributed by atoms with Gasteiger partial charge in [-0.05, 0) is 30.4 Å². The summed E-state index contributed by atoms with van der Waals surface area (Å²) in [6.45, 7) is 6.14. The number of benzene rings is 1. The van der Waals surface area contributed by atoms with E-state index in [2.05, 4.69) is 16.9 Å². The fourth-order valence-electron chi connectivity index (χ4n) is 3.50. The Bertz CT molecular complexity index is 782. The fraction of sp³-hybridized carbons (Fsp3) is 0.450. The van der Waals surface area contributed by atoms with Crippen molar-refractivity contribution in [2.45, 2.75) is 38.5 Å². The lowest BCUT2D eigenvalue weighted by atomic mass is 10.0. The maximum atomic E-state index is 12.3. The second-order valence-electron chi connectivity index (χ2n) is 7.05. The zero-order chi connectivity index (χ0) is 17.9. The Morgan fingerprint density at radius 3 is 2.85 bits per heavy atom. The van der Waals surface area contributed by atoms with Crippen molar-refractivity contribution in [2.75, 3.05) is 13.2 Å². The number of hydrogen-bond donors (Lipinski definition) is 0. The number of aromatic nitrogens is 3. The molecule has 0 N–H and O–H groups in total. The molecule has 1 aromatic carbocycles. The summed E-state index contributed by atoms with van der Waals surface area (Å²) < 4.78 is 7.97. The first kappa shape index (κ1) is 17.0. The van der Waals surface area contributed by atoms with Crippen LogP contribution in [-0.4, -0.2) is 39.0 Å². The Morgan fingerprint density at radius 2 is 2.12 bits per heavy atom. The molecule has 1 fully saturated rings. The number of amides is 1. The average Bonchev–Trinajstić information content (AvgIpc) is 3.40. The van der Waals surface area contributed by atoms with Crippen molar-refractivity contribution in [3.63, 3.8) is 0 Å². The van der Waals surface area contributed by atoms with Gasteiger partial charge in [0.2, 0.25) is 5.91 Å². The van der Waals surface area contributed by atoms with Gasteiger partial charge in [0.15, 0.2) is 0 Å². The number of fused-ring (bicyclic) bond motifs is 1. The second kappa shape index (κ2) is 7.41. The van der Waals surface area contributed by atoms with Crippen LogP contribution in [0.15, 0.2) is 43.0 Å². The third-order valence-electron chi connectivity index (χ3n) is 5.12. The van der Waals surface area contributed by atoms with Crippen LogP contribution < -0.4 is 0 Å². The van der Waals surface area contributed by atoms with E-state index in [1.165, 1.54) is 18.9 Å². The quantitative estimate of drug-likeness (QED) is 0.719. The monoisotopic (exact) mass is 352 g/mol. The SMILES string of the molecule is C=CC(=O)N1CCc2c(nnn2CC2CC2)[C@@H]1COCc1ccccc1. The molecule has 0 bridgehead atoms. The summed E-state index contributed by atoms with van der Waals surface area (Å²) in [6, 6.07) is 9.83. The minimum atomic E-state index is -0.207. The van der Waals surface area contributed by atoms with Crippen molar-refractivity contribution >= 4 is 5.91 Å². The summed E-state index contributed by atoms with van der Waals surface area (Å²) in [7, 11) is 0. The predicted molar refractivity (Wildman–Crippen MR) is 97.2 cm³/mol. The van der Waals surface area contributed by atoms with Gasteiger partial charge in [0.05, 0.1) is 18.9 Å². The van der Waals surface area contributed by atoms with Crippen LogP contribution >= 0.6 is 0 Å². The van der Waals surface area contributed by atoms with Gasteiger partial charge in [0.25, 0.3) is 0 Å². The van der Waals surface area contributed by atoms with Crippen LogP contribution in [0.5, 0.6) is 0 Å². The van der Waals surface area contributed by atoms with Crippen molar-refractivity contribution in [1.82, 2.24) is 19.9 Å². The number of nitrogens with zero attached hydrogens (tertiary/aromatic N) is 4. The van der Waals surface area contributed by atoms with E-state index < -0.39 is 0 Å². The standard InChI is InChI=1S/C20H24N4O2/c1-2-19(25)23-11-10-17-20(21-22-24(17)12-15-8-9-15)18(23)14-26-13-16-6-4-3-5-7-16/h2-7,15,18H,1,8-14H2/t18-/m0/s1. The molecule has 0 radical (unpaired) electrons. The maximum absolute atomic E-state index is 12.3. The Labute approximate surface area is 153 Å². The zero-order valence-electron chi connectivity index (χ0n) is 14.9. The summed E-state index contributed by atoms with van der Waals surface area (Å²) in [5.41, 5.74) is 3.14. The third kappa shape index (κ3) is 3.55. The highest BCUT2D eigenvalue weighted by Gasteiger charge is 2.35. The molecule has 1 saturated carbocycles. The largest absolute Gasteiger partial charge is 0.374 e. The number of carbonyl (C=O) groups is 1. The van der Waals surface area contributed by atoms with Gasteiger partial charge < -0.3 is 9.64 Å². The van der Waals surface area contributed by atoms with Crippen LogP contribution in [0.1, 0.15) is 35.8 Å². The van der Waals surface area contributed by atoms with E-state index in [-0.39, 0.29) is 11.9 Å². The first-order valence-corrected chi connectivity index (χ1v) is 9.23. The van der Waals surface area contributed by atoms with Gasteiger partial charge in [-0.1, -0.05) is 42.1 Å². The van der Waals surface area contributed by atoms with Crippen LogP contribution in [0.3, 0.4) is 0 Å². The van der Waals surface area contributed by atoms with E-state index in [1.54, 1.807) is 4.90 Å². The molecule has 6 heteroatoms. The van der Waals surface area contributed by atoms with Gasteiger partial charge in [-0.3, -0.25) is 4.79 Å². The summed E-state index contributed by atoms with van der Waals surface area (Å²) in [6.07, 6.45) is 4.70. The van der Waals surface area contributed by atoms with E-state index in [9.17, 15) is 4.79 Å². The van der Waals surface area contributed by atoms with Crippen LogP contribution in [0.4, 0.5) is 0 Å². The third-order valence-corrected chi connectivity index (χ3v) is 5.12. The molecule has 1 aliphatic heterocycles. The van der Waals surface area contributed by atoms with Gasteiger partial charge in [-0.15, -0.1) is 5.10 Å². The molecule has 1 aliphatic carbocycles. The molecule has 4 rings (SSSR count). The zero-order valence-corrected chi connectivity index (χ0v) is 14.9. The van der Waals surface area contributed by atoms with Gasteiger partial charge in [-0.25, -0.2) is 4.68 Å². The van der Waals surface area contributed by atoms with E-state index in [0.717, 1.165) is 35.8 Å². The summed E-state index contributed by atoms with van der Waals surface area (Å²) in [5, 5.41) is 8.78. The lowest BCUT2D eigenvalue weighted by molar-refractivity contribution is -0.130. The second-order valence-corrected chi connectivity index (χ2v) is 7.05. The molecule has 0 spiro atoms. The maximum Gasteiger partial charge on any atom is 0.246 e. The minimum absolute atomic E-state index is 0.0827. The number of hydrogen-bond acceptors (Lipinski definition) is 4. The predicted octanol–water partition coefficient (Wildman–Crippen LogP) is 2.52. The summed E-state index contributed by atoms with van der Waals surface area (Å²) >= 11 is 0. The van der Waals surface area contributed by atoms with Crippen molar-refractivity contribution < 1.29 is 9.53 Å². The molecule has 26 heavy (non-hydrogen) atoms. The van der Waals surface area contributed by atoms with Gasteiger partial charge in [0, 0.05) is 19.5 Å². The topological polar surface area (TPSA) is 60.2 Å². The highest BCUT2D eigenvalue weighted by atomic mass is 16.5. The molecule has 136 valence electrons. The van der Waals surface area contributed by atoms with Gasteiger partial charge in [0.1, 0.15) is 11.7 Å². The molecule has 2 aliphatic rings. The summed E-state index contributed by atoms with van der Waals surface area (Å²) in [4.78, 5) is 14.1. The van der Waals surface area contributed by atoms with Crippen LogP contribution in [0, 0.1) is 5.92 Å². The van der Waals surface area contributed by atoms with Crippen LogP contribution in [0.2, 0.25) is 0 Å². The molecule has 2 heterocycles. The average molecular weight is 352 g/mol. The van der Waals surface area contributed by atoms with E-state index in [4.69, 9.17) is 4.74 Å². The van der Waals surface area contributed by atoms with Crippen molar-refractivity contribution in [3.8, 4) is 0 Å². The lowest BCUT2D eigenvalue weighted by Crippen LogP contribution is -2.41. The smallest absolute Gasteiger partial charge is 0.246 e. The number of rotatable bonds is 7. The first-order valence-electron chi connectivity index (χ1n) is 9.23.